The smallest absolute Gasteiger partial charge is 0.327 e. The van der Waals surface area contributed by atoms with Gasteiger partial charge in [-0.2, -0.15) is 11.8 Å². The van der Waals surface area contributed by atoms with Gasteiger partial charge in [0.15, 0.2) is 0 Å². The van der Waals surface area contributed by atoms with E-state index >= 15 is 0 Å². The van der Waals surface area contributed by atoms with Gasteiger partial charge in [-0.1, -0.05) is 18.2 Å². The van der Waals surface area contributed by atoms with E-state index in [1.165, 1.54) is 24.2 Å². The molecule has 1 amide bonds. The first-order chi connectivity index (χ1) is 9.56. The van der Waals surface area contributed by atoms with E-state index in [0.29, 0.717) is 11.5 Å². The van der Waals surface area contributed by atoms with Crippen LogP contribution in [0.1, 0.15) is 12.5 Å². The van der Waals surface area contributed by atoms with E-state index in [1.54, 1.807) is 0 Å². The normalized spacial score (nSPS) is 17.9. The van der Waals surface area contributed by atoms with Crippen molar-refractivity contribution in [2.45, 2.75) is 25.5 Å². The van der Waals surface area contributed by atoms with Crippen molar-refractivity contribution in [2.24, 2.45) is 0 Å². The van der Waals surface area contributed by atoms with E-state index in [2.05, 4.69) is 5.32 Å². The van der Waals surface area contributed by atoms with Crippen molar-refractivity contribution < 1.29 is 19.4 Å². The van der Waals surface area contributed by atoms with Gasteiger partial charge in [0.25, 0.3) is 0 Å². The zero-order chi connectivity index (χ0) is 14.5. The summed E-state index contributed by atoms with van der Waals surface area (Å²) in [5.41, 5.74) is 1.19. The van der Waals surface area contributed by atoms with Crippen LogP contribution >= 0.6 is 11.8 Å². The number of fused-ring (bicyclic) bond motifs is 1. The molecule has 1 aliphatic rings. The highest BCUT2D eigenvalue weighted by atomic mass is 32.2. The maximum atomic E-state index is 11.0. The lowest BCUT2D eigenvalue weighted by atomic mass is 10.1. The Bertz CT molecular complexity index is 481. The average molecular weight is 295 g/mol. The van der Waals surface area contributed by atoms with Crippen molar-refractivity contribution in [3.63, 3.8) is 0 Å². The van der Waals surface area contributed by atoms with E-state index < -0.39 is 12.0 Å². The lowest BCUT2D eigenvalue weighted by molar-refractivity contribution is -0.140. The molecular formula is C14H17NO4S. The number of amides is 1. The number of para-hydroxylation sites is 1. The van der Waals surface area contributed by atoms with E-state index in [9.17, 15) is 9.59 Å². The first kappa shape index (κ1) is 14.7. The molecule has 5 nitrogen and oxygen atoms in total. The number of carbonyl (C=O) groups excluding carboxylic acids is 1. The molecule has 1 aromatic rings. The molecule has 2 N–H and O–H groups in total. The number of hydrogen-bond donors (Lipinski definition) is 2. The summed E-state index contributed by atoms with van der Waals surface area (Å²) in [6.07, 6.45) is 0.922. The Hall–Kier alpha value is -1.69. The number of carbonyl (C=O) groups is 2. The zero-order valence-corrected chi connectivity index (χ0v) is 12.0. The number of carboxylic acids is 1. The molecular weight excluding hydrogens is 278 g/mol. The summed E-state index contributed by atoms with van der Waals surface area (Å²) in [5.74, 6) is 0.615. The topological polar surface area (TPSA) is 75.6 Å². The van der Waals surface area contributed by atoms with Gasteiger partial charge >= 0.3 is 5.97 Å². The molecule has 6 heteroatoms. The van der Waals surface area contributed by atoms with Crippen molar-refractivity contribution in [3.05, 3.63) is 29.8 Å². The predicted octanol–water partition coefficient (Wildman–Crippen LogP) is 1.31. The second-order valence-electron chi connectivity index (χ2n) is 4.68. The highest BCUT2D eigenvalue weighted by Gasteiger charge is 2.24. The minimum Gasteiger partial charge on any atom is -0.489 e. The second-order valence-corrected chi connectivity index (χ2v) is 5.76. The van der Waals surface area contributed by atoms with Crippen LogP contribution in [0.15, 0.2) is 24.3 Å². The number of nitrogens with one attached hydrogen (secondary N) is 1. The van der Waals surface area contributed by atoms with E-state index in [-0.39, 0.29) is 12.0 Å². The first-order valence-corrected chi connectivity index (χ1v) is 7.54. The fraction of sp³-hybridized carbons (Fsp3) is 0.429. The maximum absolute atomic E-state index is 11.0. The lowest BCUT2D eigenvalue weighted by Crippen LogP contribution is -2.41. The van der Waals surface area contributed by atoms with Gasteiger partial charge < -0.3 is 15.2 Å². The van der Waals surface area contributed by atoms with Gasteiger partial charge in [-0.3, -0.25) is 4.79 Å². The molecule has 1 aliphatic heterocycles. The summed E-state index contributed by atoms with van der Waals surface area (Å²) in [6, 6.07) is 7.05. The fourth-order valence-electron chi connectivity index (χ4n) is 2.08. The van der Waals surface area contributed by atoms with Crippen molar-refractivity contribution >= 4 is 23.6 Å². The van der Waals surface area contributed by atoms with Crippen molar-refractivity contribution in [1.82, 2.24) is 5.32 Å². The Labute approximate surface area is 121 Å². The number of hydrogen-bond acceptors (Lipinski definition) is 4. The molecule has 2 atom stereocenters. The SMILES string of the molecule is CC(=O)NC(CSCC1Cc2ccccc2O1)C(=O)O. The number of rotatable bonds is 6. The van der Waals surface area contributed by atoms with Crippen LogP contribution in [0.2, 0.25) is 0 Å². The lowest BCUT2D eigenvalue weighted by Gasteiger charge is -2.14. The molecule has 0 radical (unpaired) electrons. The number of ether oxygens (including phenoxy) is 1. The highest BCUT2D eigenvalue weighted by molar-refractivity contribution is 7.99. The maximum Gasteiger partial charge on any atom is 0.327 e. The van der Waals surface area contributed by atoms with Gasteiger partial charge in [0.2, 0.25) is 5.91 Å². The van der Waals surface area contributed by atoms with Crippen LogP contribution in [0.4, 0.5) is 0 Å². The fourth-order valence-corrected chi connectivity index (χ4v) is 3.13. The van der Waals surface area contributed by atoms with Crippen molar-refractivity contribution in [3.8, 4) is 5.75 Å². The average Bonchev–Trinajstić information content (AvgIpc) is 2.79. The third kappa shape index (κ3) is 3.90. The summed E-state index contributed by atoms with van der Waals surface area (Å²) in [5, 5.41) is 11.4. The first-order valence-electron chi connectivity index (χ1n) is 6.38. The summed E-state index contributed by atoms with van der Waals surface area (Å²) < 4.78 is 5.77. The molecule has 0 saturated carbocycles. The highest BCUT2D eigenvalue weighted by Crippen LogP contribution is 2.29. The molecule has 1 heterocycles. The molecule has 0 fully saturated rings. The third-order valence-corrected chi connectivity index (χ3v) is 4.15. The van der Waals surface area contributed by atoms with Crippen molar-refractivity contribution in [1.29, 1.82) is 0 Å². The van der Waals surface area contributed by atoms with Gasteiger partial charge in [-0.25, -0.2) is 4.79 Å². The predicted molar refractivity (Wildman–Crippen MR) is 77.1 cm³/mol. The van der Waals surface area contributed by atoms with E-state index in [1.807, 2.05) is 24.3 Å². The Kier molecular flexibility index (Phi) is 4.89. The summed E-state index contributed by atoms with van der Waals surface area (Å²) in [7, 11) is 0. The standard InChI is InChI=1S/C14H17NO4S/c1-9(16)15-12(14(17)18)8-20-7-11-6-10-4-2-3-5-13(10)19-11/h2-5,11-12H,6-8H2,1H3,(H,15,16)(H,17,18). The van der Waals surface area contributed by atoms with Gasteiger partial charge in [0.05, 0.1) is 0 Å². The van der Waals surface area contributed by atoms with Crippen LogP contribution in [-0.2, 0) is 16.0 Å². The van der Waals surface area contributed by atoms with Crippen molar-refractivity contribution in [2.75, 3.05) is 11.5 Å². The number of thioether (sulfide) groups is 1. The summed E-state index contributed by atoms with van der Waals surface area (Å²) >= 11 is 1.48. The van der Waals surface area contributed by atoms with Gasteiger partial charge in [0.1, 0.15) is 17.9 Å². The molecule has 0 spiro atoms. The van der Waals surface area contributed by atoms with Crippen LogP contribution in [0.3, 0.4) is 0 Å². The molecule has 20 heavy (non-hydrogen) atoms. The van der Waals surface area contributed by atoms with Crippen LogP contribution in [0, 0.1) is 0 Å². The minimum atomic E-state index is -1.01. The molecule has 1 aromatic carbocycles. The molecule has 108 valence electrons. The molecule has 0 bridgehead atoms. The molecule has 0 aromatic heterocycles. The quantitative estimate of drug-likeness (QED) is 0.827. The Morgan fingerprint density at radius 2 is 2.25 bits per heavy atom. The van der Waals surface area contributed by atoms with E-state index in [4.69, 9.17) is 9.84 Å². The summed E-state index contributed by atoms with van der Waals surface area (Å²) in [4.78, 5) is 21.9. The number of benzene rings is 1. The van der Waals surface area contributed by atoms with Crippen LogP contribution in [0.25, 0.3) is 0 Å². The molecule has 2 unspecified atom stereocenters. The molecule has 0 saturated heterocycles. The number of aliphatic carboxylic acids is 1. The Morgan fingerprint density at radius 3 is 2.90 bits per heavy atom. The Balaban J connectivity index is 1.77. The molecule has 2 rings (SSSR count). The molecule has 0 aliphatic carbocycles. The largest absolute Gasteiger partial charge is 0.489 e. The summed E-state index contributed by atoms with van der Waals surface area (Å²) in [6.45, 7) is 1.32. The second kappa shape index (κ2) is 6.65. The van der Waals surface area contributed by atoms with Crippen LogP contribution in [-0.4, -0.2) is 40.6 Å². The van der Waals surface area contributed by atoms with Crippen LogP contribution < -0.4 is 10.1 Å². The number of carboxylic acid groups (broad SMARTS) is 1. The van der Waals surface area contributed by atoms with Crippen LogP contribution in [0.5, 0.6) is 5.75 Å². The third-order valence-electron chi connectivity index (χ3n) is 2.98. The van der Waals surface area contributed by atoms with E-state index in [0.717, 1.165) is 12.2 Å². The van der Waals surface area contributed by atoms with Gasteiger partial charge in [-0.15, -0.1) is 0 Å². The van der Waals surface area contributed by atoms with Gasteiger partial charge in [-0.05, 0) is 11.6 Å². The monoisotopic (exact) mass is 295 g/mol. The minimum absolute atomic E-state index is 0.0733. The van der Waals surface area contributed by atoms with Gasteiger partial charge in [0, 0.05) is 24.9 Å². The Morgan fingerprint density at radius 1 is 1.50 bits per heavy atom. The zero-order valence-electron chi connectivity index (χ0n) is 11.2.